The summed E-state index contributed by atoms with van der Waals surface area (Å²) in [6.07, 6.45) is -2.25. The maximum Gasteiger partial charge on any atom is 0.419 e. The molecule has 0 spiro atoms. The van der Waals surface area contributed by atoms with Gasteiger partial charge in [-0.25, -0.2) is 4.98 Å². The van der Waals surface area contributed by atoms with Gasteiger partial charge < -0.3 is 15.0 Å². The van der Waals surface area contributed by atoms with Gasteiger partial charge in [-0.1, -0.05) is 27.7 Å². The number of halogens is 3. The van der Waals surface area contributed by atoms with Gasteiger partial charge in [-0.2, -0.15) is 18.4 Å². The Morgan fingerprint density at radius 3 is 2.09 bits per heavy atom. The number of ether oxygens (including phenoxy) is 1. The standard InChI is InChI=1S/C42H42F3N7O6/c1-40(2)38(41(3,4)39(40)58-27-17-30(42(43,44)45)31(18-46)47-19-27)49-34(54)22-5-7-25(8-6-22)50-13-11-26(12-14-50)51-20-23-15-28-29(16-24(23)21-51)37(57)52(36(28)56)32-9-10-33(53)48-35(32)55/h5-8,15-17,19,26,32,38-39H,9-14,20-21H2,1-4H3,(H,49,54)(H,48,53,55)/t32?,38-,39-. The number of carbonyl (C=O) groups excluding carboxylic acids is 5. The Kier molecular flexibility index (Phi) is 9.37. The predicted molar refractivity (Wildman–Crippen MR) is 201 cm³/mol. The number of imide groups is 2. The number of fused-ring (bicyclic) bond motifs is 2. The van der Waals surface area contributed by atoms with Gasteiger partial charge in [0.25, 0.3) is 17.7 Å². The highest BCUT2D eigenvalue weighted by molar-refractivity contribution is 6.23. The lowest BCUT2D eigenvalue weighted by molar-refractivity contribution is -0.165. The zero-order valence-electron chi connectivity index (χ0n) is 32.4. The minimum Gasteiger partial charge on any atom is -0.488 e. The molecular formula is C42H42F3N7O6. The highest BCUT2D eigenvalue weighted by Crippen LogP contribution is 2.55. The third kappa shape index (κ3) is 6.54. The van der Waals surface area contributed by atoms with E-state index in [-0.39, 0.29) is 36.6 Å². The van der Waals surface area contributed by atoms with Crippen LogP contribution in [0.15, 0.2) is 48.7 Å². The summed E-state index contributed by atoms with van der Waals surface area (Å²) in [5.74, 6) is -2.43. The Morgan fingerprint density at radius 2 is 1.53 bits per heavy atom. The molecule has 1 saturated carbocycles. The van der Waals surface area contributed by atoms with E-state index in [0.29, 0.717) is 29.8 Å². The largest absolute Gasteiger partial charge is 0.488 e. The second-order valence-corrected chi connectivity index (χ2v) is 17.0. The quantitative estimate of drug-likeness (QED) is 0.312. The Morgan fingerprint density at radius 1 is 0.931 bits per heavy atom. The molecule has 8 rings (SSSR count). The molecule has 1 aromatic heterocycles. The van der Waals surface area contributed by atoms with Crippen LogP contribution >= 0.6 is 0 Å². The van der Waals surface area contributed by atoms with Crippen LogP contribution in [0.3, 0.4) is 0 Å². The fourth-order valence-electron chi connectivity index (χ4n) is 9.93. The average molecular weight is 798 g/mol. The van der Waals surface area contributed by atoms with Crippen LogP contribution in [-0.4, -0.2) is 81.6 Å². The van der Waals surface area contributed by atoms with E-state index < -0.39 is 64.0 Å². The molecule has 0 radical (unpaired) electrons. The molecule has 0 bridgehead atoms. The number of alkyl halides is 3. The number of amides is 5. The number of piperidine rings is 2. The van der Waals surface area contributed by atoms with Gasteiger partial charge in [-0.15, -0.1) is 0 Å². The lowest BCUT2D eigenvalue weighted by Gasteiger charge is -2.63. The molecule has 2 N–H and O–H groups in total. The van der Waals surface area contributed by atoms with Crippen molar-refractivity contribution in [1.82, 2.24) is 25.4 Å². The Balaban J connectivity index is 0.849. The van der Waals surface area contributed by atoms with E-state index in [2.05, 4.69) is 25.4 Å². The topological polar surface area (TPSA) is 165 Å². The number of pyridine rings is 1. The summed E-state index contributed by atoms with van der Waals surface area (Å²) < 4.78 is 46.7. The van der Waals surface area contributed by atoms with Crippen LogP contribution < -0.4 is 20.3 Å². The van der Waals surface area contributed by atoms with Crippen LogP contribution in [0.4, 0.5) is 18.9 Å². The number of benzene rings is 2. The number of nitriles is 1. The van der Waals surface area contributed by atoms with Crippen molar-refractivity contribution < 1.29 is 41.9 Å². The number of hydrogen-bond donors (Lipinski definition) is 2. The molecular weight excluding hydrogens is 755 g/mol. The summed E-state index contributed by atoms with van der Waals surface area (Å²) in [7, 11) is 0. The Hall–Kier alpha value is -5.82. The molecule has 2 aromatic carbocycles. The molecule has 2 saturated heterocycles. The smallest absolute Gasteiger partial charge is 0.419 e. The van der Waals surface area contributed by atoms with Gasteiger partial charge in [0.2, 0.25) is 11.8 Å². The van der Waals surface area contributed by atoms with Gasteiger partial charge in [0.15, 0.2) is 5.69 Å². The van der Waals surface area contributed by atoms with Crippen molar-refractivity contribution in [3.63, 3.8) is 0 Å². The lowest BCUT2D eigenvalue weighted by atomic mass is 9.49. The summed E-state index contributed by atoms with van der Waals surface area (Å²) in [5.41, 5.74) is 0.828. The fraction of sp³-hybridized carbons (Fsp3) is 0.452. The number of nitrogens with one attached hydrogen (secondary N) is 2. The number of aromatic nitrogens is 1. The Labute approximate surface area is 332 Å². The van der Waals surface area contributed by atoms with E-state index in [0.717, 1.165) is 59.9 Å². The monoisotopic (exact) mass is 797 g/mol. The fourth-order valence-corrected chi connectivity index (χ4v) is 9.93. The zero-order valence-corrected chi connectivity index (χ0v) is 32.4. The second-order valence-electron chi connectivity index (χ2n) is 17.0. The first kappa shape index (κ1) is 39.0. The summed E-state index contributed by atoms with van der Waals surface area (Å²) in [6, 6.07) is 12.2. The number of anilines is 1. The maximum absolute atomic E-state index is 13.6. The van der Waals surface area contributed by atoms with E-state index in [4.69, 9.17) is 10.00 Å². The molecule has 5 heterocycles. The minimum atomic E-state index is -4.77. The van der Waals surface area contributed by atoms with Crippen molar-refractivity contribution in [1.29, 1.82) is 5.26 Å². The third-order valence-corrected chi connectivity index (χ3v) is 12.6. The molecule has 1 aliphatic carbocycles. The van der Waals surface area contributed by atoms with Crippen molar-refractivity contribution in [3.8, 4) is 11.8 Å². The summed E-state index contributed by atoms with van der Waals surface area (Å²) >= 11 is 0. The summed E-state index contributed by atoms with van der Waals surface area (Å²) in [6.45, 7) is 10.4. The van der Waals surface area contributed by atoms with Crippen molar-refractivity contribution in [3.05, 3.63) is 87.7 Å². The molecule has 5 amide bonds. The van der Waals surface area contributed by atoms with Crippen LogP contribution in [0, 0.1) is 22.2 Å². The van der Waals surface area contributed by atoms with Crippen LogP contribution in [0.25, 0.3) is 0 Å². The average Bonchev–Trinajstić information content (AvgIpc) is 3.71. The van der Waals surface area contributed by atoms with Crippen molar-refractivity contribution in [2.24, 2.45) is 10.8 Å². The maximum atomic E-state index is 13.6. The molecule has 3 fully saturated rings. The van der Waals surface area contributed by atoms with Crippen molar-refractivity contribution in [2.75, 3.05) is 18.0 Å². The van der Waals surface area contributed by atoms with Crippen LogP contribution in [-0.2, 0) is 28.9 Å². The Bertz CT molecular complexity index is 2230. The van der Waals surface area contributed by atoms with E-state index in [1.807, 2.05) is 39.8 Å². The molecule has 1 unspecified atom stereocenters. The van der Waals surface area contributed by atoms with Gasteiger partial charge in [-0.3, -0.25) is 39.1 Å². The van der Waals surface area contributed by atoms with Crippen LogP contribution in [0.1, 0.15) is 107 Å². The molecule has 58 heavy (non-hydrogen) atoms. The van der Waals surface area contributed by atoms with Gasteiger partial charge in [0.1, 0.15) is 24.0 Å². The van der Waals surface area contributed by atoms with Gasteiger partial charge in [0, 0.05) is 66.8 Å². The summed E-state index contributed by atoms with van der Waals surface area (Å²) in [5, 5.41) is 14.4. The molecule has 1 atom stereocenters. The van der Waals surface area contributed by atoms with Crippen LogP contribution in [0.2, 0.25) is 0 Å². The highest BCUT2D eigenvalue weighted by Gasteiger charge is 2.64. The van der Waals surface area contributed by atoms with E-state index >= 15 is 0 Å². The molecule has 5 aliphatic rings. The SMILES string of the molecule is CC1(C)[C@H](NC(=O)c2ccc(N3CCC(N4Cc5cc6c(cc5C4)C(=O)N(C4CCC(=O)NC4=O)C6=O)CC3)cc2)C(C)(C)[C@H]1Oc1cnc(C#N)c(C(F)(F)F)c1. The molecule has 13 nitrogen and oxygen atoms in total. The van der Waals surface area contributed by atoms with E-state index in [1.165, 1.54) is 6.07 Å². The number of carbonyl (C=O) groups is 5. The zero-order chi connectivity index (χ0) is 41.5. The third-order valence-electron chi connectivity index (χ3n) is 12.6. The van der Waals surface area contributed by atoms with Crippen molar-refractivity contribution >= 4 is 35.2 Å². The lowest BCUT2D eigenvalue weighted by Crippen LogP contribution is -2.74. The first-order valence-electron chi connectivity index (χ1n) is 19.3. The number of rotatable bonds is 7. The normalized spacial score (nSPS) is 24.1. The highest BCUT2D eigenvalue weighted by atomic mass is 19.4. The molecule has 3 aromatic rings. The molecule has 4 aliphatic heterocycles. The molecule has 302 valence electrons. The minimum absolute atomic E-state index is 0.0689. The number of hydrogen-bond acceptors (Lipinski definition) is 10. The number of nitrogens with zero attached hydrogens (tertiary/aromatic N) is 5. The first-order chi connectivity index (χ1) is 27.4. The van der Waals surface area contributed by atoms with Gasteiger partial charge in [0.05, 0.1) is 22.9 Å². The first-order valence-corrected chi connectivity index (χ1v) is 19.3. The van der Waals surface area contributed by atoms with E-state index in [1.54, 1.807) is 24.3 Å². The predicted octanol–water partition coefficient (Wildman–Crippen LogP) is 4.97. The van der Waals surface area contributed by atoms with Crippen LogP contribution in [0.5, 0.6) is 5.75 Å². The second kappa shape index (κ2) is 13.9. The summed E-state index contributed by atoms with van der Waals surface area (Å²) in [4.78, 5) is 73.5. The van der Waals surface area contributed by atoms with Crippen molar-refractivity contribution in [2.45, 2.75) is 96.9 Å². The van der Waals surface area contributed by atoms with E-state index in [9.17, 15) is 37.1 Å². The molecule has 16 heteroatoms. The van der Waals surface area contributed by atoms with Gasteiger partial charge >= 0.3 is 6.18 Å². The van der Waals surface area contributed by atoms with Gasteiger partial charge in [-0.05, 0) is 72.9 Å².